The molecule has 3 aromatic heterocycles. The van der Waals surface area contributed by atoms with Crippen LogP contribution in [0.3, 0.4) is 0 Å². The molecule has 0 saturated carbocycles. The van der Waals surface area contributed by atoms with E-state index < -0.39 is 0 Å². The third kappa shape index (κ3) is 3.75. The highest BCUT2D eigenvalue weighted by Crippen LogP contribution is 2.28. The Morgan fingerprint density at radius 3 is 2.91 bits per heavy atom. The van der Waals surface area contributed by atoms with E-state index in [1.165, 1.54) is 4.88 Å². The second kappa shape index (κ2) is 7.56. The molecule has 0 atom stereocenters. The minimum absolute atomic E-state index is 0. The van der Waals surface area contributed by atoms with Crippen LogP contribution in [0.25, 0.3) is 10.2 Å². The van der Waals surface area contributed by atoms with Crippen molar-refractivity contribution in [2.24, 2.45) is 0 Å². The molecule has 0 saturated heterocycles. The van der Waals surface area contributed by atoms with Crippen LogP contribution < -0.4 is 5.32 Å². The first kappa shape index (κ1) is 16.7. The molecular weight excluding hydrogens is 318 g/mol. The number of nitrogens with zero attached hydrogens (tertiary/aromatic N) is 4. The number of imidazole rings is 1. The SMILES string of the molecule is CCc1nc(NCCCn2ccnc2)c2cc(C)sc2n1.Cl. The van der Waals surface area contributed by atoms with Gasteiger partial charge < -0.3 is 9.88 Å². The van der Waals surface area contributed by atoms with Gasteiger partial charge in [-0.1, -0.05) is 6.92 Å². The van der Waals surface area contributed by atoms with Crippen molar-refractivity contribution in [3.63, 3.8) is 0 Å². The molecule has 3 heterocycles. The average molecular weight is 338 g/mol. The highest BCUT2D eigenvalue weighted by molar-refractivity contribution is 7.18. The fraction of sp³-hybridized carbons (Fsp3) is 0.400. The summed E-state index contributed by atoms with van der Waals surface area (Å²) in [6, 6.07) is 2.16. The summed E-state index contributed by atoms with van der Waals surface area (Å²) in [5.41, 5.74) is 0. The zero-order chi connectivity index (χ0) is 14.7. The van der Waals surface area contributed by atoms with Gasteiger partial charge in [-0.05, 0) is 19.4 Å². The van der Waals surface area contributed by atoms with Gasteiger partial charge in [0.05, 0.1) is 11.7 Å². The highest BCUT2D eigenvalue weighted by atomic mass is 35.5. The van der Waals surface area contributed by atoms with Crippen molar-refractivity contribution in [2.75, 3.05) is 11.9 Å². The molecule has 1 N–H and O–H groups in total. The molecular formula is C15H20ClN5S. The Kier molecular flexibility index (Phi) is 5.74. The number of fused-ring (bicyclic) bond motifs is 1. The number of hydrogen-bond donors (Lipinski definition) is 1. The van der Waals surface area contributed by atoms with E-state index in [4.69, 9.17) is 0 Å². The average Bonchev–Trinajstić information content (AvgIpc) is 3.11. The van der Waals surface area contributed by atoms with Crippen LogP contribution in [0.5, 0.6) is 0 Å². The second-order valence-electron chi connectivity index (χ2n) is 5.00. The first-order valence-corrected chi connectivity index (χ1v) is 8.04. The molecule has 7 heteroatoms. The summed E-state index contributed by atoms with van der Waals surface area (Å²) in [5, 5.41) is 4.60. The van der Waals surface area contributed by atoms with Gasteiger partial charge in [0.1, 0.15) is 16.5 Å². The molecule has 0 unspecified atom stereocenters. The highest BCUT2D eigenvalue weighted by Gasteiger charge is 2.09. The lowest BCUT2D eigenvalue weighted by Crippen LogP contribution is -2.08. The molecule has 0 aromatic carbocycles. The summed E-state index contributed by atoms with van der Waals surface area (Å²) < 4.78 is 2.09. The number of anilines is 1. The lowest BCUT2D eigenvalue weighted by atomic mass is 10.3. The summed E-state index contributed by atoms with van der Waals surface area (Å²) in [6.07, 6.45) is 7.53. The predicted molar refractivity (Wildman–Crippen MR) is 94.1 cm³/mol. The molecule has 118 valence electrons. The molecule has 0 fully saturated rings. The summed E-state index contributed by atoms with van der Waals surface area (Å²) in [6.45, 7) is 6.05. The molecule has 0 bridgehead atoms. The number of halogens is 1. The maximum atomic E-state index is 4.63. The van der Waals surface area contributed by atoms with Gasteiger partial charge in [-0.25, -0.2) is 15.0 Å². The van der Waals surface area contributed by atoms with E-state index in [0.29, 0.717) is 0 Å². The van der Waals surface area contributed by atoms with Crippen LogP contribution in [-0.2, 0) is 13.0 Å². The Bertz CT molecular complexity index is 723. The molecule has 0 aliphatic heterocycles. The number of aryl methyl sites for hydroxylation is 3. The van der Waals surface area contributed by atoms with E-state index in [9.17, 15) is 0 Å². The molecule has 5 nitrogen and oxygen atoms in total. The van der Waals surface area contributed by atoms with Crippen LogP contribution in [-0.4, -0.2) is 26.1 Å². The molecule has 0 aliphatic rings. The molecule has 3 aromatic rings. The smallest absolute Gasteiger partial charge is 0.138 e. The largest absolute Gasteiger partial charge is 0.369 e. The monoisotopic (exact) mass is 337 g/mol. The molecule has 0 spiro atoms. The second-order valence-corrected chi connectivity index (χ2v) is 6.23. The Morgan fingerprint density at radius 2 is 2.18 bits per heavy atom. The number of aromatic nitrogens is 4. The van der Waals surface area contributed by atoms with E-state index in [1.807, 2.05) is 18.7 Å². The van der Waals surface area contributed by atoms with Gasteiger partial charge in [0.25, 0.3) is 0 Å². The van der Waals surface area contributed by atoms with Crippen LogP contribution in [0.2, 0.25) is 0 Å². The first-order valence-electron chi connectivity index (χ1n) is 7.23. The van der Waals surface area contributed by atoms with E-state index in [0.717, 1.165) is 47.8 Å². The van der Waals surface area contributed by atoms with Gasteiger partial charge in [0.15, 0.2) is 0 Å². The molecule has 22 heavy (non-hydrogen) atoms. The Hall–Kier alpha value is -1.66. The Balaban J connectivity index is 0.00000176. The van der Waals surface area contributed by atoms with Crippen molar-refractivity contribution in [3.05, 3.63) is 35.5 Å². The van der Waals surface area contributed by atoms with E-state index in [1.54, 1.807) is 11.3 Å². The third-order valence-electron chi connectivity index (χ3n) is 3.32. The summed E-state index contributed by atoms with van der Waals surface area (Å²) in [5.74, 6) is 1.87. The van der Waals surface area contributed by atoms with E-state index >= 15 is 0 Å². The number of hydrogen-bond acceptors (Lipinski definition) is 5. The van der Waals surface area contributed by atoms with Crippen LogP contribution in [0, 0.1) is 6.92 Å². The van der Waals surface area contributed by atoms with Gasteiger partial charge in [-0.3, -0.25) is 0 Å². The first-order chi connectivity index (χ1) is 10.3. The van der Waals surface area contributed by atoms with Gasteiger partial charge in [-0.15, -0.1) is 23.7 Å². The minimum atomic E-state index is 0. The molecule has 0 amide bonds. The standard InChI is InChI=1S/C15H19N5S.ClH/c1-3-13-18-14(12-9-11(2)21-15(12)19-13)17-5-4-7-20-8-6-16-10-20;/h6,8-10H,3-5,7H2,1-2H3,(H,17,18,19);1H. The fourth-order valence-corrected chi connectivity index (χ4v) is 3.16. The maximum Gasteiger partial charge on any atom is 0.138 e. The van der Waals surface area contributed by atoms with Crippen molar-refractivity contribution >= 4 is 39.8 Å². The zero-order valence-electron chi connectivity index (χ0n) is 12.7. The number of thiophene rings is 1. The topological polar surface area (TPSA) is 55.6 Å². The van der Waals surface area contributed by atoms with Crippen LogP contribution >= 0.6 is 23.7 Å². The predicted octanol–water partition coefficient (Wildman–Crippen LogP) is 3.68. The fourth-order valence-electron chi connectivity index (χ4n) is 2.27. The third-order valence-corrected chi connectivity index (χ3v) is 4.27. The lowest BCUT2D eigenvalue weighted by molar-refractivity contribution is 0.660. The van der Waals surface area contributed by atoms with E-state index in [-0.39, 0.29) is 12.4 Å². The van der Waals surface area contributed by atoms with Crippen molar-refractivity contribution in [2.45, 2.75) is 33.2 Å². The molecule has 0 radical (unpaired) electrons. The quantitative estimate of drug-likeness (QED) is 0.697. The minimum Gasteiger partial charge on any atom is -0.369 e. The van der Waals surface area contributed by atoms with Gasteiger partial charge in [0.2, 0.25) is 0 Å². The number of nitrogens with one attached hydrogen (secondary N) is 1. The lowest BCUT2D eigenvalue weighted by Gasteiger charge is -2.08. The summed E-state index contributed by atoms with van der Waals surface area (Å²) >= 11 is 1.73. The molecule has 0 aliphatic carbocycles. The van der Waals surface area contributed by atoms with Crippen molar-refractivity contribution in [3.8, 4) is 0 Å². The number of rotatable bonds is 6. The van der Waals surface area contributed by atoms with Gasteiger partial charge >= 0.3 is 0 Å². The van der Waals surface area contributed by atoms with Gasteiger partial charge in [0, 0.05) is 36.8 Å². The normalized spacial score (nSPS) is 10.6. The van der Waals surface area contributed by atoms with Crippen LogP contribution in [0.4, 0.5) is 5.82 Å². The van der Waals surface area contributed by atoms with E-state index in [2.05, 4.69) is 44.7 Å². The molecule has 3 rings (SSSR count). The van der Waals surface area contributed by atoms with Crippen molar-refractivity contribution in [1.29, 1.82) is 0 Å². The summed E-state index contributed by atoms with van der Waals surface area (Å²) in [4.78, 5) is 15.6. The van der Waals surface area contributed by atoms with Crippen LogP contribution in [0.1, 0.15) is 24.0 Å². The maximum absolute atomic E-state index is 4.63. The Labute approximate surface area is 140 Å². The van der Waals surface area contributed by atoms with Crippen molar-refractivity contribution in [1.82, 2.24) is 19.5 Å². The van der Waals surface area contributed by atoms with Gasteiger partial charge in [-0.2, -0.15) is 0 Å². The van der Waals surface area contributed by atoms with Crippen molar-refractivity contribution < 1.29 is 0 Å². The summed E-state index contributed by atoms with van der Waals surface area (Å²) in [7, 11) is 0. The van der Waals surface area contributed by atoms with Crippen LogP contribution in [0.15, 0.2) is 24.8 Å². The zero-order valence-corrected chi connectivity index (χ0v) is 14.4. The Morgan fingerprint density at radius 1 is 1.32 bits per heavy atom.